The van der Waals surface area contributed by atoms with Crippen LogP contribution in [0.15, 0.2) is 60.8 Å². The van der Waals surface area contributed by atoms with Gasteiger partial charge in [0.05, 0.1) is 6.54 Å². The molecule has 138 valence electrons. The molecule has 0 bridgehead atoms. The Morgan fingerprint density at radius 1 is 1.04 bits per heavy atom. The molecule has 5 heteroatoms. The number of aryl methyl sites for hydroxylation is 2. The van der Waals surface area contributed by atoms with E-state index >= 15 is 0 Å². The third-order valence-electron chi connectivity index (χ3n) is 5.01. The highest BCUT2D eigenvalue weighted by Gasteiger charge is 2.27. The lowest BCUT2D eigenvalue weighted by Gasteiger charge is -2.33. The normalized spacial score (nSPS) is 17.3. The van der Waals surface area contributed by atoms with Crippen LogP contribution in [-0.4, -0.2) is 33.5 Å². The van der Waals surface area contributed by atoms with Gasteiger partial charge in [0.1, 0.15) is 18.5 Å². The predicted molar refractivity (Wildman–Crippen MR) is 104 cm³/mol. The van der Waals surface area contributed by atoms with Crippen molar-refractivity contribution in [2.75, 3.05) is 13.2 Å². The molecular weight excluding hydrogens is 338 g/mol. The number of benzene rings is 1. The van der Waals surface area contributed by atoms with E-state index in [1.54, 1.807) is 0 Å². The van der Waals surface area contributed by atoms with Gasteiger partial charge < -0.3 is 14.2 Å². The van der Waals surface area contributed by atoms with Gasteiger partial charge in [-0.1, -0.05) is 36.4 Å². The SMILES string of the molecule is Cc1ccc(C)n1-c1ccc(C2CN(Cc3ccccc3)C(=O)CO2)cn1. The molecule has 1 aromatic carbocycles. The average molecular weight is 361 g/mol. The number of nitrogens with zero attached hydrogens (tertiary/aromatic N) is 3. The maximum atomic E-state index is 12.2. The van der Waals surface area contributed by atoms with E-state index in [0.29, 0.717) is 13.1 Å². The Balaban J connectivity index is 1.50. The summed E-state index contributed by atoms with van der Waals surface area (Å²) in [6, 6.07) is 18.3. The van der Waals surface area contributed by atoms with Gasteiger partial charge >= 0.3 is 0 Å². The van der Waals surface area contributed by atoms with Crippen LogP contribution in [0.3, 0.4) is 0 Å². The van der Waals surface area contributed by atoms with Crippen molar-refractivity contribution in [1.29, 1.82) is 0 Å². The second kappa shape index (κ2) is 7.37. The molecule has 2 aromatic heterocycles. The summed E-state index contributed by atoms with van der Waals surface area (Å²) in [4.78, 5) is 18.7. The molecule has 1 saturated heterocycles. The Kier molecular flexibility index (Phi) is 4.77. The Labute approximate surface area is 159 Å². The van der Waals surface area contributed by atoms with Crippen molar-refractivity contribution in [2.24, 2.45) is 0 Å². The second-order valence-corrected chi connectivity index (χ2v) is 6.96. The van der Waals surface area contributed by atoms with Gasteiger partial charge in [0.25, 0.3) is 0 Å². The number of ether oxygens (including phenoxy) is 1. The quantitative estimate of drug-likeness (QED) is 0.713. The van der Waals surface area contributed by atoms with Crippen LogP contribution in [0.25, 0.3) is 5.82 Å². The van der Waals surface area contributed by atoms with Crippen molar-refractivity contribution in [3.8, 4) is 5.82 Å². The van der Waals surface area contributed by atoms with Gasteiger partial charge in [-0.3, -0.25) is 4.79 Å². The summed E-state index contributed by atoms with van der Waals surface area (Å²) in [6.07, 6.45) is 1.70. The molecule has 1 aliphatic rings. The number of pyridine rings is 1. The molecule has 4 rings (SSSR count). The molecule has 1 fully saturated rings. The number of amides is 1. The fraction of sp³-hybridized carbons (Fsp3) is 0.273. The molecule has 5 nitrogen and oxygen atoms in total. The molecule has 1 unspecified atom stereocenters. The number of carbonyl (C=O) groups is 1. The van der Waals surface area contributed by atoms with Crippen LogP contribution in [0.4, 0.5) is 0 Å². The van der Waals surface area contributed by atoms with E-state index in [9.17, 15) is 4.79 Å². The summed E-state index contributed by atoms with van der Waals surface area (Å²) in [7, 11) is 0. The summed E-state index contributed by atoms with van der Waals surface area (Å²) in [5.41, 5.74) is 4.42. The van der Waals surface area contributed by atoms with Gasteiger partial charge in [0.2, 0.25) is 5.91 Å². The molecule has 3 aromatic rings. The maximum absolute atomic E-state index is 12.2. The van der Waals surface area contributed by atoms with E-state index in [1.165, 1.54) is 0 Å². The predicted octanol–water partition coefficient (Wildman–Crippen LogP) is 3.59. The Hall–Kier alpha value is -2.92. The maximum Gasteiger partial charge on any atom is 0.249 e. The molecule has 1 amide bonds. The standard InChI is InChI=1S/C22H23N3O2/c1-16-8-9-17(2)25(16)21-11-10-19(12-23-21)20-14-24(22(26)15-27-20)13-18-6-4-3-5-7-18/h3-12,20H,13-15H2,1-2H3. The van der Waals surface area contributed by atoms with Gasteiger partial charge in [-0.05, 0) is 37.6 Å². The highest BCUT2D eigenvalue weighted by Crippen LogP contribution is 2.24. The van der Waals surface area contributed by atoms with E-state index in [4.69, 9.17) is 4.74 Å². The van der Waals surface area contributed by atoms with E-state index < -0.39 is 0 Å². The first-order valence-electron chi connectivity index (χ1n) is 9.16. The van der Waals surface area contributed by atoms with Gasteiger partial charge in [0.15, 0.2) is 0 Å². The highest BCUT2D eigenvalue weighted by atomic mass is 16.5. The lowest BCUT2D eigenvalue weighted by molar-refractivity contribution is -0.150. The van der Waals surface area contributed by atoms with E-state index in [2.05, 4.69) is 35.5 Å². The van der Waals surface area contributed by atoms with Crippen LogP contribution in [0.1, 0.15) is 28.6 Å². The molecular formula is C22H23N3O2. The van der Waals surface area contributed by atoms with Crippen molar-refractivity contribution in [3.63, 3.8) is 0 Å². The van der Waals surface area contributed by atoms with Crippen LogP contribution in [0.5, 0.6) is 0 Å². The number of rotatable bonds is 4. The Morgan fingerprint density at radius 2 is 1.78 bits per heavy atom. The first kappa shape index (κ1) is 17.5. The fourth-order valence-corrected chi connectivity index (χ4v) is 3.53. The van der Waals surface area contributed by atoms with Crippen LogP contribution in [0.2, 0.25) is 0 Å². The summed E-state index contributed by atoms with van der Waals surface area (Å²) in [5.74, 6) is 0.921. The number of aromatic nitrogens is 2. The zero-order valence-corrected chi connectivity index (χ0v) is 15.6. The Morgan fingerprint density at radius 3 is 2.44 bits per heavy atom. The largest absolute Gasteiger partial charge is 0.362 e. The van der Waals surface area contributed by atoms with Gasteiger partial charge in [-0.15, -0.1) is 0 Å². The van der Waals surface area contributed by atoms with Gasteiger partial charge in [-0.2, -0.15) is 0 Å². The van der Waals surface area contributed by atoms with Crippen molar-refractivity contribution >= 4 is 5.91 Å². The third kappa shape index (κ3) is 3.64. The number of morpholine rings is 1. The van der Waals surface area contributed by atoms with Crippen molar-refractivity contribution < 1.29 is 9.53 Å². The van der Waals surface area contributed by atoms with E-state index in [0.717, 1.165) is 28.3 Å². The molecule has 0 N–H and O–H groups in total. The van der Waals surface area contributed by atoms with Crippen LogP contribution in [0, 0.1) is 13.8 Å². The van der Waals surface area contributed by atoms with Crippen molar-refractivity contribution in [1.82, 2.24) is 14.5 Å². The fourth-order valence-electron chi connectivity index (χ4n) is 3.53. The lowest BCUT2D eigenvalue weighted by Crippen LogP contribution is -2.42. The summed E-state index contributed by atoms with van der Waals surface area (Å²) >= 11 is 0. The zero-order chi connectivity index (χ0) is 18.8. The molecule has 1 atom stereocenters. The smallest absolute Gasteiger partial charge is 0.249 e. The summed E-state index contributed by atoms with van der Waals surface area (Å²) in [5, 5.41) is 0. The minimum atomic E-state index is -0.153. The summed E-state index contributed by atoms with van der Waals surface area (Å²) < 4.78 is 7.91. The first-order chi connectivity index (χ1) is 13.1. The average Bonchev–Trinajstić information content (AvgIpc) is 3.03. The van der Waals surface area contributed by atoms with Crippen molar-refractivity contribution in [2.45, 2.75) is 26.5 Å². The molecule has 0 spiro atoms. The highest BCUT2D eigenvalue weighted by molar-refractivity contribution is 5.78. The minimum Gasteiger partial charge on any atom is -0.362 e. The van der Waals surface area contributed by atoms with Crippen LogP contribution in [-0.2, 0) is 16.1 Å². The number of hydrogen-bond donors (Lipinski definition) is 0. The topological polar surface area (TPSA) is 47.4 Å². The van der Waals surface area contributed by atoms with Crippen LogP contribution >= 0.6 is 0 Å². The number of carbonyl (C=O) groups excluding carboxylic acids is 1. The monoisotopic (exact) mass is 361 g/mol. The lowest BCUT2D eigenvalue weighted by atomic mass is 10.1. The first-order valence-corrected chi connectivity index (χ1v) is 9.16. The van der Waals surface area contributed by atoms with Gasteiger partial charge in [-0.25, -0.2) is 4.98 Å². The van der Waals surface area contributed by atoms with Gasteiger partial charge in [0, 0.05) is 29.7 Å². The van der Waals surface area contributed by atoms with E-state index in [-0.39, 0.29) is 18.6 Å². The zero-order valence-electron chi connectivity index (χ0n) is 15.6. The van der Waals surface area contributed by atoms with Crippen LogP contribution < -0.4 is 0 Å². The molecule has 0 aliphatic carbocycles. The third-order valence-corrected chi connectivity index (χ3v) is 5.01. The molecule has 0 saturated carbocycles. The second-order valence-electron chi connectivity index (χ2n) is 6.96. The molecule has 1 aliphatic heterocycles. The van der Waals surface area contributed by atoms with Crippen molar-refractivity contribution in [3.05, 3.63) is 83.3 Å². The minimum absolute atomic E-state index is 0.0262. The number of hydrogen-bond acceptors (Lipinski definition) is 3. The Bertz CT molecular complexity index is 912. The van der Waals surface area contributed by atoms with E-state index in [1.807, 2.05) is 53.6 Å². The summed E-state index contributed by atoms with van der Waals surface area (Å²) in [6.45, 7) is 5.39. The molecule has 3 heterocycles. The molecule has 27 heavy (non-hydrogen) atoms. The molecule has 0 radical (unpaired) electrons.